The predicted molar refractivity (Wildman–Crippen MR) is 106 cm³/mol. The molecule has 9 heteroatoms. The van der Waals surface area contributed by atoms with Crippen LogP contribution in [0.1, 0.15) is 16.4 Å². The fraction of sp³-hybridized carbons (Fsp3) is 0.100. The van der Waals surface area contributed by atoms with Gasteiger partial charge in [-0.1, -0.05) is 23.7 Å². The molecule has 0 radical (unpaired) electrons. The first-order valence-corrected chi connectivity index (χ1v) is 8.92. The molecule has 4 aromatic rings. The molecule has 0 aliphatic rings. The highest BCUT2D eigenvalue weighted by Crippen LogP contribution is 2.27. The van der Waals surface area contributed by atoms with Crippen molar-refractivity contribution in [3.63, 3.8) is 0 Å². The summed E-state index contributed by atoms with van der Waals surface area (Å²) in [5.74, 6) is 0.496. The van der Waals surface area contributed by atoms with Gasteiger partial charge in [-0.3, -0.25) is 15.1 Å². The van der Waals surface area contributed by atoms with E-state index >= 15 is 0 Å². The van der Waals surface area contributed by atoms with Crippen LogP contribution in [0, 0.1) is 6.92 Å². The van der Waals surface area contributed by atoms with Crippen molar-refractivity contribution in [1.82, 2.24) is 15.0 Å². The number of methoxy groups -OCH3 is 1. The normalized spacial score (nSPS) is 10.7. The lowest BCUT2D eigenvalue weighted by Crippen LogP contribution is -2.12. The fourth-order valence-corrected chi connectivity index (χ4v) is 2.77. The SMILES string of the molecule is COc1ccc(-c2coc(NC(=O)c3oc(C)nc3-c3ccc(Cl)cc3)n2)nc1. The van der Waals surface area contributed by atoms with E-state index in [9.17, 15) is 4.79 Å². The second kappa shape index (κ2) is 7.76. The molecule has 0 aliphatic heterocycles. The number of benzene rings is 1. The summed E-state index contributed by atoms with van der Waals surface area (Å²) in [6.07, 6.45) is 2.97. The first-order chi connectivity index (χ1) is 14.0. The first-order valence-electron chi connectivity index (χ1n) is 8.54. The van der Waals surface area contributed by atoms with Gasteiger partial charge >= 0.3 is 6.01 Å². The Hall–Kier alpha value is -3.65. The molecule has 1 N–H and O–H groups in total. The number of hydrogen-bond acceptors (Lipinski definition) is 7. The number of amides is 1. The highest BCUT2D eigenvalue weighted by atomic mass is 35.5. The van der Waals surface area contributed by atoms with E-state index in [1.54, 1.807) is 56.6 Å². The number of aromatic nitrogens is 3. The Kier molecular flexibility index (Phi) is 5.01. The second-order valence-electron chi connectivity index (χ2n) is 5.99. The molecule has 0 spiro atoms. The lowest BCUT2D eigenvalue weighted by molar-refractivity contribution is 0.0993. The van der Waals surface area contributed by atoms with Gasteiger partial charge in [0.2, 0.25) is 5.76 Å². The zero-order chi connectivity index (χ0) is 20.4. The first kappa shape index (κ1) is 18.7. The number of nitrogens with zero attached hydrogens (tertiary/aromatic N) is 3. The average Bonchev–Trinajstić information content (AvgIpc) is 3.35. The highest BCUT2D eigenvalue weighted by Gasteiger charge is 2.22. The number of rotatable bonds is 5. The quantitative estimate of drug-likeness (QED) is 0.512. The lowest BCUT2D eigenvalue weighted by Gasteiger charge is -2.01. The molecule has 1 amide bonds. The van der Waals surface area contributed by atoms with Gasteiger partial charge in [-0.25, -0.2) is 4.98 Å². The van der Waals surface area contributed by atoms with Gasteiger partial charge in [-0.2, -0.15) is 4.98 Å². The van der Waals surface area contributed by atoms with Crippen molar-refractivity contribution in [2.24, 2.45) is 0 Å². The summed E-state index contributed by atoms with van der Waals surface area (Å²) in [5, 5.41) is 3.16. The molecule has 3 heterocycles. The van der Waals surface area contributed by atoms with Crippen molar-refractivity contribution in [2.45, 2.75) is 6.92 Å². The molecule has 4 rings (SSSR count). The van der Waals surface area contributed by atoms with E-state index in [0.29, 0.717) is 39.3 Å². The van der Waals surface area contributed by atoms with E-state index in [1.165, 1.54) is 6.26 Å². The van der Waals surface area contributed by atoms with E-state index < -0.39 is 5.91 Å². The van der Waals surface area contributed by atoms with E-state index in [-0.39, 0.29) is 11.8 Å². The molecular formula is C20H15ClN4O4. The van der Waals surface area contributed by atoms with E-state index in [0.717, 1.165) is 0 Å². The molecule has 1 aromatic carbocycles. The number of oxazole rings is 2. The van der Waals surface area contributed by atoms with Crippen LogP contribution < -0.4 is 10.1 Å². The highest BCUT2D eigenvalue weighted by molar-refractivity contribution is 6.30. The molecule has 29 heavy (non-hydrogen) atoms. The van der Waals surface area contributed by atoms with Crippen LogP contribution in [-0.2, 0) is 0 Å². The smallest absolute Gasteiger partial charge is 0.302 e. The van der Waals surface area contributed by atoms with Gasteiger partial charge in [0.05, 0.1) is 19.0 Å². The van der Waals surface area contributed by atoms with Crippen molar-refractivity contribution < 1.29 is 18.4 Å². The minimum absolute atomic E-state index is 0.0127. The van der Waals surface area contributed by atoms with Crippen LogP contribution in [0.4, 0.5) is 6.01 Å². The summed E-state index contributed by atoms with van der Waals surface area (Å²) in [4.78, 5) is 25.5. The van der Waals surface area contributed by atoms with Crippen LogP contribution in [0.5, 0.6) is 5.75 Å². The fourth-order valence-electron chi connectivity index (χ4n) is 2.64. The molecule has 3 aromatic heterocycles. The van der Waals surface area contributed by atoms with Gasteiger partial charge in [0.25, 0.3) is 5.91 Å². The Labute approximate surface area is 170 Å². The number of anilines is 1. The summed E-state index contributed by atoms with van der Waals surface area (Å²) < 4.78 is 15.9. The minimum Gasteiger partial charge on any atom is -0.495 e. The Morgan fingerprint density at radius 3 is 2.59 bits per heavy atom. The number of hydrogen-bond donors (Lipinski definition) is 1. The molecule has 8 nitrogen and oxygen atoms in total. The Morgan fingerprint density at radius 1 is 1.10 bits per heavy atom. The number of ether oxygens (including phenoxy) is 1. The third-order valence-corrected chi connectivity index (χ3v) is 4.27. The Balaban J connectivity index is 1.56. The van der Waals surface area contributed by atoms with Gasteiger partial charge in [-0.15, -0.1) is 0 Å². The summed E-state index contributed by atoms with van der Waals surface area (Å²) >= 11 is 5.93. The third kappa shape index (κ3) is 3.97. The summed E-state index contributed by atoms with van der Waals surface area (Å²) in [7, 11) is 1.56. The van der Waals surface area contributed by atoms with E-state index in [2.05, 4.69) is 20.3 Å². The maximum absolute atomic E-state index is 12.7. The molecule has 0 fully saturated rings. The molecular weight excluding hydrogens is 396 g/mol. The molecule has 146 valence electrons. The number of aryl methyl sites for hydroxylation is 1. The Bertz CT molecular complexity index is 1150. The van der Waals surface area contributed by atoms with Crippen LogP contribution in [0.15, 0.2) is 57.7 Å². The molecule has 0 atom stereocenters. The summed E-state index contributed by atoms with van der Waals surface area (Å²) in [6.45, 7) is 1.66. The van der Waals surface area contributed by atoms with Crippen molar-refractivity contribution in [3.05, 3.63) is 65.5 Å². The second-order valence-corrected chi connectivity index (χ2v) is 6.43. The maximum Gasteiger partial charge on any atom is 0.302 e. The summed E-state index contributed by atoms with van der Waals surface area (Å²) in [5.41, 5.74) is 2.15. The molecule has 0 unspecified atom stereocenters. The van der Waals surface area contributed by atoms with Crippen LogP contribution in [0.2, 0.25) is 5.02 Å². The topological polar surface area (TPSA) is 103 Å². The zero-order valence-electron chi connectivity index (χ0n) is 15.5. The van der Waals surface area contributed by atoms with Crippen molar-refractivity contribution in [3.8, 4) is 28.4 Å². The van der Waals surface area contributed by atoms with Gasteiger partial charge in [0.15, 0.2) is 5.89 Å². The zero-order valence-corrected chi connectivity index (χ0v) is 16.2. The monoisotopic (exact) mass is 410 g/mol. The standard InChI is InChI=1S/C20H15ClN4O4/c1-11-23-17(12-3-5-13(21)6-4-12)18(29-11)19(26)25-20-24-16(10-28-20)15-8-7-14(27-2)9-22-15/h3-10H,1-2H3,(H,24,25,26). The maximum atomic E-state index is 12.7. The van der Waals surface area contributed by atoms with E-state index in [4.69, 9.17) is 25.2 Å². The van der Waals surface area contributed by atoms with Crippen molar-refractivity contribution >= 4 is 23.5 Å². The molecule has 0 saturated carbocycles. The van der Waals surface area contributed by atoms with Gasteiger partial charge < -0.3 is 13.6 Å². The van der Waals surface area contributed by atoms with Crippen molar-refractivity contribution in [2.75, 3.05) is 12.4 Å². The third-order valence-electron chi connectivity index (χ3n) is 4.02. The number of nitrogens with one attached hydrogen (secondary N) is 1. The molecule has 0 bridgehead atoms. The number of pyridine rings is 1. The lowest BCUT2D eigenvalue weighted by atomic mass is 10.1. The summed E-state index contributed by atoms with van der Waals surface area (Å²) in [6, 6.07) is 10.4. The van der Waals surface area contributed by atoms with Crippen LogP contribution in [0.3, 0.4) is 0 Å². The molecule has 0 aliphatic carbocycles. The van der Waals surface area contributed by atoms with Crippen molar-refractivity contribution in [1.29, 1.82) is 0 Å². The van der Waals surface area contributed by atoms with Gasteiger partial charge in [0, 0.05) is 17.5 Å². The van der Waals surface area contributed by atoms with Crippen LogP contribution in [-0.4, -0.2) is 28.0 Å². The van der Waals surface area contributed by atoms with E-state index in [1.807, 2.05) is 0 Å². The largest absolute Gasteiger partial charge is 0.495 e. The van der Waals surface area contributed by atoms with Gasteiger partial charge in [0.1, 0.15) is 23.4 Å². The number of carbonyl (C=O) groups is 1. The number of halogens is 1. The van der Waals surface area contributed by atoms with Gasteiger partial charge in [-0.05, 0) is 24.3 Å². The average molecular weight is 411 g/mol. The Morgan fingerprint density at radius 2 is 1.90 bits per heavy atom. The minimum atomic E-state index is -0.536. The van der Waals surface area contributed by atoms with Crippen LogP contribution >= 0.6 is 11.6 Å². The number of carbonyl (C=O) groups excluding carboxylic acids is 1. The molecule has 0 saturated heterocycles. The van der Waals surface area contributed by atoms with Crippen LogP contribution in [0.25, 0.3) is 22.6 Å². The predicted octanol–water partition coefficient (Wildman–Crippen LogP) is 4.61.